The molecule has 0 amide bonds. The lowest BCUT2D eigenvalue weighted by Gasteiger charge is -2.41. The van der Waals surface area contributed by atoms with Crippen molar-refractivity contribution < 1.29 is 9.47 Å². The third kappa shape index (κ3) is 0.796. The Morgan fingerprint density at radius 3 is 2.40 bits per heavy atom. The second-order valence-electron chi connectivity index (χ2n) is 3.01. The van der Waals surface area contributed by atoms with Crippen LogP contribution in [0.15, 0.2) is 12.7 Å². The third-order valence-electron chi connectivity index (χ3n) is 2.29. The molecule has 0 bridgehead atoms. The van der Waals surface area contributed by atoms with Gasteiger partial charge in [-0.25, -0.2) is 0 Å². The van der Waals surface area contributed by atoms with Crippen LogP contribution in [0.3, 0.4) is 0 Å². The van der Waals surface area contributed by atoms with E-state index in [1.807, 2.05) is 6.08 Å². The van der Waals surface area contributed by atoms with E-state index in [4.69, 9.17) is 9.47 Å². The van der Waals surface area contributed by atoms with Gasteiger partial charge in [-0.3, -0.25) is 0 Å². The Hall–Kier alpha value is -0.340. The Kier molecular flexibility index (Phi) is 1.32. The molecule has 1 aliphatic carbocycles. The van der Waals surface area contributed by atoms with E-state index in [1.165, 1.54) is 0 Å². The molecule has 1 heterocycles. The first-order valence-electron chi connectivity index (χ1n) is 3.75. The fourth-order valence-corrected chi connectivity index (χ4v) is 1.64. The zero-order valence-corrected chi connectivity index (χ0v) is 6.01. The molecule has 1 saturated heterocycles. The molecule has 56 valence electrons. The van der Waals surface area contributed by atoms with Crippen molar-refractivity contribution >= 4 is 0 Å². The minimum atomic E-state index is -0.182. The molecule has 0 atom stereocenters. The van der Waals surface area contributed by atoms with Crippen molar-refractivity contribution in [1.29, 1.82) is 0 Å². The SMILES string of the molecule is C=CC1CC2(C1)OCCO2. The van der Waals surface area contributed by atoms with Crippen LogP contribution < -0.4 is 0 Å². The highest BCUT2D eigenvalue weighted by molar-refractivity contribution is 4.98. The van der Waals surface area contributed by atoms with Crippen LogP contribution in [0.1, 0.15) is 12.8 Å². The predicted molar refractivity (Wildman–Crippen MR) is 37.6 cm³/mol. The van der Waals surface area contributed by atoms with Crippen LogP contribution in [0.5, 0.6) is 0 Å². The van der Waals surface area contributed by atoms with Gasteiger partial charge in [-0.1, -0.05) is 6.08 Å². The molecule has 1 aliphatic heterocycles. The summed E-state index contributed by atoms with van der Waals surface area (Å²) in [4.78, 5) is 0. The van der Waals surface area contributed by atoms with Crippen LogP contribution in [-0.4, -0.2) is 19.0 Å². The minimum Gasteiger partial charge on any atom is -0.347 e. The molecule has 2 aliphatic rings. The summed E-state index contributed by atoms with van der Waals surface area (Å²) in [5.41, 5.74) is 0. The predicted octanol–water partition coefficient (Wildman–Crippen LogP) is 1.33. The van der Waals surface area contributed by atoms with Gasteiger partial charge >= 0.3 is 0 Å². The molecule has 1 spiro atoms. The summed E-state index contributed by atoms with van der Waals surface area (Å²) in [5, 5.41) is 0. The average Bonchev–Trinajstić information content (AvgIpc) is 2.30. The smallest absolute Gasteiger partial charge is 0.169 e. The van der Waals surface area contributed by atoms with Crippen LogP contribution in [0.4, 0.5) is 0 Å². The molecule has 1 saturated carbocycles. The summed E-state index contributed by atoms with van der Waals surface area (Å²) in [7, 11) is 0. The highest BCUT2D eigenvalue weighted by Gasteiger charge is 2.47. The van der Waals surface area contributed by atoms with E-state index >= 15 is 0 Å². The molecule has 0 aromatic heterocycles. The van der Waals surface area contributed by atoms with E-state index < -0.39 is 0 Å². The van der Waals surface area contributed by atoms with Crippen LogP contribution in [0.25, 0.3) is 0 Å². The summed E-state index contributed by atoms with van der Waals surface area (Å²) >= 11 is 0. The van der Waals surface area contributed by atoms with Crippen molar-refractivity contribution in [3.63, 3.8) is 0 Å². The first kappa shape index (κ1) is 6.38. The molecule has 2 heteroatoms. The van der Waals surface area contributed by atoms with Gasteiger partial charge in [0.1, 0.15) is 0 Å². The Labute approximate surface area is 60.8 Å². The van der Waals surface area contributed by atoms with Gasteiger partial charge in [0, 0.05) is 12.8 Å². The number of allylic oxidation sites excluding steroid dienone is 1. The van der Waals surface area contributed by atoms with E-state index in [-0.39, 0.29) is 5.79 Å². The normalized spacial score (nSPS) is 30.4. The van der Waals surface area contributed by atoms with Crippen LogP contribution >= 0.6 is 0 Å². The van der Waals surface area contributed by atoms with Crippen LogP contribution in [-0.2, 0) is 9.47 Å². The Morgan fingerprint density at radius 1 is 1.30 bits per heavy atom. The standard InChI is InChI=1S/C8H12O2/c1-2-7-5-8(6-7)9-3-4-10-8/h2,7H,1,3-6H2. The molecule has 2 rings (SSSR count). The van der Waals surface area contributed by atoms with Gasteiger partial charge in [-0.2, -0.15) is 0 Å². The molecular formula is C8H12O2. The van der Waals surface area contributed by atoms with E-state index in [1.54, 1.807) is 0 Å². The van der Waals surface area contributed by atoms with E-state index in [0.29, 0.717) is 5.92 Å². The largest absolute Gasteiger partial charge is 0.347 e. The second-order valence-corrected chi connectivity index (χ2v) is 3.01. The average molecular weight is 140 g/mol. The van der Waals surface area contributed by atoms with Crippen molar-refractivity contribution in [2.75, 3.05) is 13.2 Å². The molecule has 0 aromatic carbocycles. The summed E-state index contributed by atoms with van der Waals surface area (Å²) in [6.45, 7) is 5.26. The Balaban J connectivity index is 1.92. The summed E-state index contributed by atoms with van der Waals surface area (Å²) < 4.78 is 10.9. The Morgan fingerprint density at radius 2 is 1.90 bits per heavy atom. The zero-order chi connectivity index (χ0) is 7.03. The fraction of sp³-hybridized carbons (Fsp3) is 0.750. The van der Waals surface area contributed by atoms with Gasteiger partial charge in [-0.05, 0) is 5.92 Å². The second kappa shape index (κ2) is 2.07. The van der Waals surface area contributed by atoms with Gasteiger partial charge in [0.05, 0.1) is 13.2 Å². The van der Waals surface area contributed by atoms with Gasteiger partial charge in [0.15, 0.2) is 5.79 Å². The molecule has 2 nitrogen and oxygen atoms in total. The van der Waals surface area contributed by atoms with E-state index in [2.05, 4.69) is 6.58 Å². The molecule has 0 radical (unpaired) electrons. The van der Waals surface area contributed by atoms with E-state index in [9.17, 15) is 0 Å². The maximum Gasteiger partial charge on any atom is 0.169 e. The topological polar surface area (TPSA) is 18.5 Å². The number of hydrogen-bond acceptors (Lipinski definition) is 2. The fourth-order valence-electron chi connectivity index (χ4n) is 1.64. The lowest BCUT2D eigenvalue weighted by atomic mass is 9.79. The van der Waals surface area contributed by atoms with Crippen molar-refractivity contribution in [3.05, 3.63) is 12.7 Å². The summed E-state index contributed by atoms with van der Waals surface area (Å²) in [5.74, 6) is 0.442. The first-order valence-corrected chi connectivity index (χ1v) is 3.75. The third-order valence-corrected chi connectivity index (χ3v) is 2.29. The molecular weight excluding hydrogens is 128 g/mol. The maximum absolute atomic E-state index is 5.44. The first-order chi connectivity index (χ1) is 4.85. The lowest BCUT2D eigenvalue weighted by molar-refractivity contribution is -0.222. The van der Waals surface area contributed by atoms with Crippen molar-refractivity contribution in [3.8, 4) is 0 Å². The number of ether oxygens (including phenoxy) is 2. The molecule has 2 fully saturated rings. The minimum absolute atomic E-state index is 0.182. The van der Waals surface area contributed by atoms with Crippen molar-refractivity contribution in [1.82, 2.24) is 0 Å². The summed E-state index contributed by atoms with van der Waals surface area (Å²) in [6, 6.07) is 0. The van der Waals surface area contributed by atoms with Crippen LogP contribution in [0, 0.1) is 5.92 Å². The molecule has 0 aromatic rings. The molecule has 0 N–H and O–H groups in total. The van der Waals surface area contributed by atoms with Crippen molar-refractivity contribution in [2.45, 2.75) is 18.6 Å². The van der Waals surface area contributed by atoms with Crippen molar-refractivity contribution in [2.24, 2.45) is 5.92 Å². The monoisotopic (exact) mass is 140 g/mol. The van der Waals surface area contributed by atoms with Gasteiger partial charge in [0.2, 0.25) is 0 Å². The van der Waals surface area contributed by atoms with E-state index in [0.717, 1.165) is 26.1 Å². The van der Waals surface area contributed by atoms with Gasteiger partial charge in [-0.15, -0.1) is 6.58 Å². The summed E-state index contributed by atoms with van der Waals surface area (Å²) in [6.07, 6.45) is 4.00. The maximum atomic E-state index is 5.44. The highest BCUT2D eigenvalue weighted by atomic mass is 16.7. The van der Waals surface area contributed by atoms with Gasteiger partial charge in [0.25, 0.3) is 0 Å². The number of hydrogen-bond donors (Lipinski definition) is 0. The molecule has 0 unspecified atom stereocenters. The Bertz CT molecular complexity index is 139. The quantitative estimate of drug-likeness (QED) is 0.511. The number of rotatable bonds is 1. The van der Waals surface area contributed by atoms with Crippen LogP contribution in [0.2, 0.25) is 0 Å². The highest BCUT2D eigenvalue weighted by Crippen LogP contribution is 2.44. The lowest BCUT2D eigenvalue weighted by Crippen LogP contribution is -2.43. The molecule has 10 heavy (non-hydrogen) atoms. The van der Waals surface area contributed by atoms with Gasteiger partial charge < -0.3 is 9.47 Å². The zero-order valence-electron chi connectivity index (χ0n) is 6.01.